The summed E-state index contributed by atoms with van der Waals surface area (Å²) in [5.41, 5.74) is 0.258. The summed E-state index contributed by atoms with van der Waals surface area (Å²) in [5.74, 6) is 0.423. The van der Waals surface area contributed by atoms with Crippen molar-refractivity contribution in [1.29, 1.82) is 0 Å². The van der Waals surface area contributed by atoms with E-state index in [0.717, 1.165) is 23.1 Å². The van der Waals surface area contributed by atoms with Crippen LogP contribution in [0.1, 0.15) is 24.5 Å². The van der Waals surface area contributed by atoms with Gasteiger partial charge in [-0.3, -0.25) is 9.36 Å². The number of H-pyrrole nitrogens is 1. The molecule has 0 spiro atoms. The molecule has 1 aliphatic carbocycles. The number of nitrogens with one attached hydrogen (secondary N) is 1. The highest BCUT2D eigenvalue weighted by Crippen LogP contribution is 2.37. The summed E-state index contributed by atoms with van der Waals surface area (Å²) < 4.78 is 1.08. The normalized spacial score (nSPS) is 16.4. The summed E-state index contributed by atoms with van der Waals surface area (Å²) in [6.45, 7) is 0. The summed E-state index contributed by atoms with van der Waals surface area (Å²) in [4.78, 5) is 24.9. The van der Waals surface area contributed by atoms with E-state index >= 15 is 0 Å². The van der Waals surface area contributed by atoms with E-state index in [1.165, 1.54) is 13.1 Å². The Morgan fingerprint density at radius 3 is 2.67 bits per heavy atom. The van der Waals surface area contributed by atoms with E-state index in [4.69, 9.17) is 0 Å². The highest BCUT2D eigenvalue weighted by molar-refractivity contribution is 5.12. The smallest absolute Gasteiger partial charge is 0.311 e. The molecule has 1 N–H and O–H groups in total. The van der Waals surface area contributed by atoms with Gasteiger partial charge in [-0.1, -0.05) is 0 Å². The maximum Gasteiger partial charge on any atom is 0.328 e. The molecule has 1 heterocycles. The summed E-state index contributed by atoms with van der Waals surface area (Å²) >= 11 is 0. The first-order valence-electron chi connectivity index (χ1n) is 3.99. The molecule has 0 atom stereocenters. The van der Waals surface area contributed by atoms with Gasteiger partial charge in [0.15, 0.2) is 0 Å². The third kappa shape index (κ3) is 1.09. The van der Waals surface area contributed by atoms with E-state index < -0.39 is 0 Å². The van der Waals surface area contributed by atoms with Crippen molar-refractivity contribution < 1.29 is 0 Å². The van der Waals surface area contributed by atoms with E-state index in [1.54, 1.807) is 0 Å². The van der Waals surface area contributed by atoms with Crippen LogP contribution in [-0.4, -0.2) is 9.55 Å². The molecule has 2 rings (SSSR count). The first-order valence-corrected chi connectivity index (χ1v) is 3.99. The minimum Gasteiger partial charge on any atom is -0.311 e. The summed E-state index contributed by atoms with van der Waals surface area (Å²) in [7, 11) is 1.47. The fraction of sp³-hybridized carbons (Fsp3) is 0.500. The zero-order valence-corrected chi connectivity index (χ0v) is 6.83. The van der Waals surface area contributed by atoms with Gasteiger partial charge in [-0.15, -0.1) is 0 Å². The van der Waals surface area contributed by atoms with Gasteiger partial charge >= 0.3 is 5.69 Å². The van der Waals surface area contributed by atoms with Crippen LogP contribution in [-0.2, 0) is 7.05 Å². The van der Waals surface area contributed by atoms with Gasteiger partial charge in [-0.2, -0.15) is 0 Å². The highest BCUT2D eigenvalue weighted by atomic mass is 16.2. The Kier molecular flexibility index (Phi) is 1.43. The minimum atomic E-state index is -0.315. The monoisotopic (exact) mass is 166 g/mol. The van der Waals surface area contributed by atoms with Crippen molar-refractivity contribution in [2.24, 2.45) is 7.05 Å². The maximum absolute atomic E-state index is 11.1. The SMILES string of the molecule is Cn1c(=O)cc(C2CC2)[nH]c1=O. The van der Waals surface area contributed by atoms with Crippen LogP contribution in [0.15, 0.2) is 15.7 Å². The number of hydrogen-bond donors (Lipinski definition) is 1. The lowest BCUT2D eigenvalue weighted by atomic mass is 10.3. The second-order valence-electron chi connectivity index (χ2n) is 3.20. The van der Waals surface area contributed by atoms with Crippen molar-refractivity contribution in [2.45, 2.75) is 18.8 Å². The number of aromatic nitrogens is 2. The van der Waals surface area contributed by atoms with Crippen molar-refractivity contribution in [2.75, 3.05) is 0 Å². The van der Waals surface area contributed by atoms with Crippen LogP contribution in [0, 0.1) is 0 Å². The van der Waals surface area contributed by atoms with Crippen molar-refractivity contribution in [1.82, 2.24) is 9.55 Å². The molecular weight excluding hydrogens is 156 g/mol. The fourth-order valence-corrected chi connectivity index (χ4v) is 1.19. The highest BCUT2D eigenvalue weighted by Gasteiger charge is 2.25. The second-order valence-corrected chi connectivity index (χ2v) is 3.20. The molecule has 1 aromatic rings. The number of rotatable bonds is 1. The Morgan fingerprint density at radius 1 is 1.50 bits per heavy atom. The standard InChI is InChI=1S/C8H10N2O2/c1-10-7(11)4-6(5-2-3-5)9-8(10)12/h4-5H,2-3H2,1H3,(H,9,12). The Morgan fingerprint density at radius 2 is 2.17 bits per heavy atom. The molecule has 1 saturated carbocycles. The van der Waals surface area contributed by atoms with E-state index in [9.17, 15) is 9.59 Å². The Bertz CT molecular complexity index is 381. The first-order chi connectivity index (χ1) is 5.68. The van der Waals surface area contributed by atoms with Gasteiger partial charge in [0.25, 0.3) is 5.56 Å². The lowest BCUT2D eigenvalue weighted by Gasteiger charge is -1.98. The lowest BCUT2D eigenvalue weighted by Crippen LogP contribution is -2.32. The van der Waals surface area contributed by atoms with Gasteiger partial charge in [0.2, 0.25) is 0 Å². The third-order valence-electron chi connectivity index (χ3n) is 2.18. The van der Waals surface area contributed by atoms with E-state index in [1.807, 2.05) is 0 Å². The predicted molar refractivity (Wildman–Crippen MR) is 44.3 cm³/mol. The summed E-state index contributed by atoms with van der Waals surface area (Å²) in [6.07, 6.45) is 2.17. The van der Waals surface area contributed by atoms with Gasteiger partial charge in [0.1, 0.15) is 0 Å². The van der Waals surface area contributed by atoms with Gasteiger partial charge in [0.05, 0.1) is 0 Å². The van der Waals surface area contributed by atoms with E-state index in [-0.39, 0.29) is 11.2 Å². The largest absolute Gasteiger partial charge is 0.328 e. The van der Waals surface area contributed by atoms with Crippen LogP contribution >= 0.6 is 0 Å². The molecule has 0 unspecified atom stereocenters. The first kappa shape index (κ1) is 7.34. The number of nitrogens with zero attached hydrogens (tertiary/aromatic N) is 1. The number of aromatic amines is 1. The van der Waals surface area contributed by atoms with Crippen LogP contribution in [0.25, 0.3) is 0 Å². The quantitative estimate of drug-likeness (QED) is 0.636. The van der Waals surface area contributed by atoms with E-state index in [0.29, 0.717) is 5.92 Å². The molecule has 1 aliphatic rings. The van der Waals surface area contributed by atoms with Crippen molar-refractivity contribution in [3.8, 4) is 0 Å². The van der Waals surface area contributed by atoms with Gasteiger partial charge in [-0.25, -0.2) is 4.79 Å². The zero-order valence-electron chi connectivity index (χ0n) is 6.83. The van der Waals surface area contributed by atoms with Crippen LogP contribution in [0.3, 0.4) is 0 Å². The molecule has 0 amide bonds. The predicted octanol–water partition coefficient (Wildman–Crippen LogP) is -0.0490. The lowest BCUT2D eigenvalue weighted by molar-refractivity contribution is 0.753. The van der Waals surface area contributed by atoms with Crippen LogP contribution < -0.4 is 11.2 Å². The molecule has 0 bridgehead atoms. The van der Waals surface area contributed by atoms with Crippen molar-refractivity contribution in [3.05, 3.63) is 32.6 Å². The van der Waals surface area contributed by atoms with Gasteiger partial charge in [-0.05, 0) is 18.8 Å². The van der Waals surface area contributed by atoms with Gasteiger partial charge in [0, 0.05) is 18.8 Å². The fourth-order valence-electron chi connectivity index (χ4n) is 1.19. The molecule has 0 radical (unpaired) electrons. The average molecular weight is 166 g/mol. The van der Waals surface area contributed by atoms with Crippen LogP contribution in [0.5, 0.6) is 0 Å². The molecular formula is C8H10N2O2. The molecule has 12 heavy (non-hydrogen) atoms. The van der Waals surface area contributed by atoms with Crippen molar-refractivity contribution in [3.63, 3.8) is 0 Å². The number of hydrogen-bond acceptors (Lipinski definition) is 2. The second kappa shape index (κ2) is 2.33. The molecule has 4 nitrogen and oxygen atoms in total. The van der Waals surface area contributed by atoms with Crippen molar-refractivity contribution >= 4 is 0 Å². The Hall–Kier alpha value is -1.32. The molecule has 1 fully saturated rings. The molecule has 0 saturated heterocycles. The molecule has 1 aromatic heterocycles. The average Bonchev–Trinajstić information content (AvgIpc) is 2.81. The minimum absolute atomic E-state index is 0.222. The van der Waals surface area contributed by atoms with E-state index in [2.05, 4.69) is 4.98 Å². The third-order valence-corrected chi connectivity index (χ3v) is 2.18. The maximum atomic E-state index is 11.1. The molecule has 4 heteroatoms. The molecule has 64 valence electrons. The van der Waals surface area contributed by atoms with Crippen LogP contribution in [0.4, 0.5) is 0 Å². The zero-order chi connectivity index (χ0) is 8.72. The summed E-state index contributed by atoms with van der Waals surface area (Å²) in [5, 5.41) is 0. The molecule has 0 aliphatic heterocycles. The van der Waals surface area contributed by atoms with Gasteiger partial charge < -0.3 is 4.98 Å². The van der Waals surface area contributed by atoms with Crippen LogP contribution in [0.2, 0.25) is 0 Å². The summed E-state index contributed by atoms with van der Waals surface area (Å²) in [6, 6.07) is 1.51. The molecule has 0 aromatic carbocycles. The topological polar surface area (TPSA) is 54.9 Å². The Balaban J connectivity index is 2.61. The Labute approximate surface area is 68.9 Å².